The first-order valence-electron chi connectivity index (χ1n) is 9.30. The fourth-order valence-corrected chi connectivity index (χ4v) is 3.38. The van der Waals surface area contributed by atoms with Gasteiger partial charge in [0.2, 0.25) is 17.0 Å². The summed E-state index contributed by atoms with van der Waals surface area (Å²) in [7, 11) is 1.59. The molecule has 2 N–H and O–H groups in total. The summed E-state index contributed by atoms with van der Waals surface area (Å²) in [5.41, 5.74) is 2.54. The molecule has 0 saturated carbocycles. The van der Waals surface area contributed by atoms with E-state index in [0.717, 1.165) is 29.1 Å². The van der Waals surface area contributed by atoms with Gasteiger partial charge in [0.1, 0.15) is 5.75 Å². The van der Waals surface area contributed by atoms with Gasteiger partial charge in [0.25, 0.3) is 0 Å². The Labute approximate surface area is 178 Å². The summed E-state index contributed by atoms with van der Waals surface area (Å²) < 4.78 is 6.67. The first-order chi connectivity index (χ1) is 14.6. The van der Waals surface area contributed by atoms with Crippen LogP contribution in [0.1, 0.15) is 12.5 Å². The molecule has 1 heterocycles. The lowest BCUT2D eigenvalue weighted by molar-refractivity contribution is -0.122. The molecular formula is C20H22N6O3S. The number of nitrogens with zero attached hydrogens (tertiary/aromatic N) is 4. The Morgan fingerprint density at radius 1 is 1.10 bits per heavy atom. The average Bonchev–Trinajstić information content (AvgIpc) is 3.25. The lowest BCUT2D eigenvalue weighted by Crippen LogP contribution is -2.34. The van der Waals surface area contributed by atoms with E-state index in [-0.39, 0.29) is 24.1 Å². The van der Waals surface area contributed by atoms with E-state index in [1.165, 1.54) is 16.4 Å². The summed E-state index contributed by atoms with van der Waals surface area (Å²) in [5, 5.41) is 17.5. The van der Waals surface area contributed by atoms with Crippen molar-refractivity contribution in [2.24, 2.45) is 0 Å². The minimum absolute atomic E-state index is 0.0787. The molecule has 156 valence electrons. The number of carbonyl (C=O) groups excluding carboxylic acids is 2. The SMILES string of the molecule is CCc1ccccc1NC(=O)CNC(=O)CSc1nnnn1-c1ccc(OC)cc1. The number of carbonyl (C=O) groups is 2. The predicted molar refractivity (Wildman–Crippen MR) is 114 cm³/mol. The second kappa shape index (κ2) is 10.4. The van der Waals surface area contributed by atoms with Gasteiger partial charge in [-0.05, 0) is 52.7 Å². The number of benzene rings is 2. The van der Waals surface area contributed by atoms with Gasteiger partial charge < -0.3 is 15.4 Å². The van der Waals surface area contributed by atoms with Gasteiger partial charge in [-0.3, -0.25) is 9.59 Å². The molecule has 2 amide bonds. The van der Waals surface area contributed by atoms with Gasteiger partial charge in [0, 0.05) is 5.69 Å². The van der Waals surface area contributed by atoms with Crippen molar-refractivity contribution in [3.63, 3.8) is 0 Å². The highest BCUT2D eigenvalue weighted by molar-refractivity contribution is 7.99. The van der Waals surface area contributed by atoms with Gasteiger partial charge in [-0.15, -0.1) is 5.10 Å². The molecular weight excluding hydrogens is 404 g/mol. The van der Waals surface area contributed by atoms with E-state index in [2.05, 4.69) is 26.2 Å². The van der Waals surface area contributed by atoms with Crippen LogP contribution in [0, 0.1) is 0 Å². The van der Waals surface area contributed by atoms with E-state index in [1.807, 2.05) is 43.3 Å². The Bertz CT molecular complexity index is 1010. The predicted octanol–water partition coefficient (Wildman–Crippen LogP) is 2.08. The van der Waals surface area contributed by atoms with Crippen LogP contribution in [0.5, 0.6) is 5.75 Å². The summed E-state index contributed by atoms with van der Waals surface area (Å²) in [4.78, 5) is 24.3. The Morgan fingerprint density at radius 3 is 2.60 bits per heavy atom. The summed E-state index contributed by atoms with van der Waals surface area (Å²) in [6.07, 6.45) is 0.808. The zero-order chi connectivity index (χ0) is 21.3. The van der Waals surface area contributed by atoms with E-state index in [0.29, 0.717) is 5.16 Å². The molecule has 9 nitrogen and oxygen atoms in total. The van der Waals surface area contributed by atoms with E-state index < -0.39 is 0 Å². The van der Waals surface area contributed by atoms with Crippen LogP contribution in [-0.2, 0) is 16.0 Å². The Kier molecular flexibility index (Phi) is 7.39. The molecule has 2 aromatic carbocycles. The molecule has 0 spiro atoms. The molecule has 0 unspecified atom stereocenters. The van der Waals surface area contributed by atoms with Crippen molar-refractivity contribution in [2.45, 2.75) is 18.5 Å². The largest absolute Gasteiger partial charge is 0.497 e. The minimum Gasteiger partial charge on any atom is -0.497 e. The summed E-state index contributed by atoms with van der Waals surface area (Å²) in [6, 6.07) is 14.8. The number of para-hydroxylation sites is 1. The van der Waals surface area contributed by atoms with Crippen molar-refractivity contribution < 1.29 is 14.3 Å². The highest BCUT2D eigenvalue weighted by atomic mass is 32.2. The van der Waals surface area contributed by atoms with Crippen molar-refractivity contribution in [1.82, 2.24) is 25.5 Å². The Hall–Kier alpha value is -3.40. The Balaban J connectivity index is 1.49. The third kappa shape index (κ3) is 5.57. The topological polar surface area (TPSA) is 111 Å². The number of aryl methyl sites for hydroxylation is 1. The number of methoxy groups -OCH3 is 1. The molecule has 3 aromatic rings. The van der Waals surface area contributed by atoms with Gasteiger partial charge >= 0.3 is 0 Å². The number of nitrogens with one attached hydrogen (secondary N) is 2. The standard InChI is InChI=1S/C20H22N6O3S/c1-3-14-6-4-5-7-17(14)22-18(27)12-21-19(28)13-30-20-23-24-25-26(20)15-8-10-16(29-2)11-9-15/h4-11H,3,12-13H2,1-2H3,(H,21,28)(H,22,27). The molecule has 0 radical (unpaired) electrons. The molecule has 0 aliphatic carbocycles. The highest BCUT2D eigenvalue weighted by Crippen LogP contribution is 2.20. The van der Waals surface area contributed by atoms with Gasteiger partial charge in [0.15, 0.2) is 0 Å². The van der Waals surface area contributed by atoms with Crippen LogP contribution in [0.15, 0.2) is 53.7 Å². The zero-order valence-electron chi connectivity index (χ0n) is 16.7. The van der Waals surface area contributed by atoms with E-state index in [4.69, 9.17) is 4.74 Å². The molecule has 30 heavy (non-hydrogen) atoms. The second-order valence-corrected chi connectivity index (χ2v) is 7.14. The third-order valence-corrected chi connectivity index (χ3v) is 5.13. The van der Waals surface area contributed by atoms with Crippen molar-refractivity contribution >= 4 is 29.3 Å². The van der Waals surface area contributed by atoms with Crippen LogP contribution >= 0.6 is 11.8 Å². The number of tetrazole rings is 1. The summed E-state index contributed by atoms with van der Waals surface area (Å²) in [6.45, 7) is 1.91. The molecule has 0 bridgehead atoms. The summed E-state index contributed by atoms with van der Waals surface area (Å²) >= 11 is 1.18. The molecule has 0 atom stereocenters. The number of thioether (sulfide) groups is 1. The van der Waals surface area contributed by atoms with Crippen LogP contribution in [-0.4, -0.2) is 51.4 Å². The fraction of sp³-hybridized carbons (Fsp3) is 0.250. The number of anilines is 1. The van der Waals surface area contributed by atoms with Crippen LogP contribution < -0.4 is 15.4 Å². The Morgan fingerprint density at radius 2 is 1.87 bits per heavy atom. The lowest BCUT2D eigenvalue weighted by atomic mass is 10.1. The molecule has 0 aliphatic heterocycles. The molecule has 0 aliphatic rings. The first kappa shape index (κ1) is 21.3. The van der Waals surface area contributed by atoms with Crippen molar-refractivity contribution in [2.75, 3.05) is 24.7 Å². The number of ether oxygens (including phenoxy) is 1. The van der Waals surface area contributed by atoms with E-state index in [9.17, 15) is 9.59 Å². The van der Waals surface area contributed by atoms with Crippen LogP contribution in [0.4, 0.5) is 5.69 Å². The van der Waals surface area contributed by atoms with Crippen molar-refractivity contribution in [3.8, 4) is 11.4 Å². The van der Waals surface area contributed by atoms with Gasteiger partial charge in [-0.1, -0.05) is 36.9 Å². The zero-order valence-corrected chi connectivity index (χ0v) is 17.5. The quantitative estimate of drug-likeness (QED) is 0.504. The van der Waals surface area contributed by atoms with Crippen LogP contribution in [0.3, 0.4) is 0 Å². The highest BCUT2D eigenvalue weighted by Gasteiger charge is 2.13. The number of hydrogen-bond acceptors (Lipinski definition) is 7. The van der Waals surface area contributed by atoms with Gasteiger partial charge in [-0.2, -0.15) is 4.68 Å². The maximum absolute atomic E-state index is 12.1. The van der Waals surface area contributed by atoms with E-state index in [1.54, 1.807) is 19.2 Å². The maximum Gasteiger partial charge on any atom is 0.243 e. The molecule has 1 aromatic heterocycles. The molecule has 0 saturated heterocycles. The smallest absolute Gasteiger partial charge is 0.243 e. The van der Waals surface area contributed by atoms with Gasteiger partial charge in [0.05, 0.1) is 25.1 Å². The fourth-order valence-electron chi connectivity index (χ4n) is 2.66. The first-order valence-corrected chi connectivity index (χ1v) is 10.3. The normalized spacial score (nSPS) is 10.5. The van der Waals surface area contributed by atoms with Crippen molar-refractivity contribution in [3.05, 3.63) is 54.1 Å². The van der Waals surface area contributed by atoms with Crippen molar-refractivity contribution in [1.29, 1.82) is 0 Å². The van der Waals surface area contributed by atoms with E-state index >= 15 is 0 Å². The van der Waals surface area contributed by atoms with Gasteiger partial charge in [-0.25, -0.2) is 0 Å². The monoisotopic (exact) mass is 426 g/mol. The lowest BCUT2D eigenvalue weighted by Gasteiger charge is -2.10. The third-order valence-electron chi connectivity index (χ3n) is 4.21. The molecule has 0 fully saturated rings. The number of amides is 2. The number of hydrogen-bond donors (Lipinski definition) is 2. The second-order valence-electron chi connectivity index (χ2n) is 6.20. The van der Waals surface area contributed by atoms with Crippen LogP contribution in [0.25, 0.3) is 5.69 Å². The molecule has 10 heteroatoms. The maximum atomic E-state index is 12.1. The van der Waals surface area contributed by atoms with Crippen LogP contribution in [0.2, 0.25) is 0 Å². The summed E-state index contributed by atoms with van der Waals surface area (Å²) in [5.74, 6) is 0.232. The number of aromatic nitrogens is 4. The number of rotatable bonds is 9. The minimum atomic E-state index is -0.289. The average molecular weight is 427 g/mol. The molecule has 3 rings (SSSR count).